The molecule has 1 aromatic heterocycles. The number of hydrogen-bond acceptors (Lipinski definition) is 2. The van der Waals surface area contributed by atoms with Gasteiger partial charge in [-0.15, -0.1) is 0 Å². The van der Waals surface area contributed by atoms with Crippen molar-refractivity contribution in [2.45, 2.75) is 50.5 Å². The predicted molar refractivity (Wildman–Crippen MR) is 101 cm³/mol. The van der Waals surface area contributed by atoms with E-state index in [2.05, 4.69) is 4.98 Å². The number of halogens is 6. The first-order valence-corrected chi connectivity index (χ1v) is 10.3. The van der Waals surface area contributed by atoms with Crippen LogP contribution in [0.1, 0.15) is 42.1 Å². The van der Waals surface area contributed by atoms with Crippen LogP contribution in [0.2, 0.25) is 0 Å². The number of amides is 1. The normalized spacial score (nSPS) is 20.2. The summed E-state index contributed by atoms with van der Waals surface area (Å²) < 4.78 is 84.1. The van der Waals surface area contributed by atoms with Gasteiger partial charge in [-0.1, -0.05) is 0 Å². The molecule has 1 atom stereocenters. The van der Waals surface area contributed by atoms with Crippen molar-refractivity contribution in [1.82, 2.24) is 14.5 Å². The maximum atomic E-state index is 14.2. The number of H-pyrrole nitrogens is 1. The summed E-state index contributed by atoms with van der Waals surface area (Å²) in [6, 6.07) is 0.170. The van der Waals surface area contributed by atoms with Crippen LogP contribution >= 0.6 is 12.2 Å². The van der Waals surface area contributed by atoms with Crippen molar-refractivity contribution in [2.75, 3.05) is 13.1 Å². The first kappa shape index (κ1) is 21.9. The number of hydrogen-bond donors (Lipinski definition) is 1. The Morgan fingerprint density at radius 2 is 1.74 bits per heavy atom. The predicted octanol–water partition coefficient (Wildman–Crippen LogP) is 4.63. The molecule has 168 valence electrons. The van der Waals surface area contributed by atoms with Crippen molar-refractivity contribution in [3.05, 3.63) is 51.1 Å². The molecular formula is C20H19F6N3OS. The molecule has 2 aromatic rings. The molecule has 4 rings (SSSR count). The Morgan fingerprint density at radius 3 is 2.35 bits per heavy atom. The van der Waals surface area contributed by atoms with E-state index in [4.69, 9.17) is 12.2 Å². The number of nitrogens with one attached hydrogen (secondary N) is 1. The van der Waals surface area contributed by atoms with Gasteiger partial charge in [0.1, 0.15) is 0 Å². The van der Waals surface area contributed by atoms with Gasteiger partial charge in [0.25, 0.3) is 5.92 Å². The highest BCUT2D eigenvalue weighted by atomic mass is 32.1. The molecule has 3 heterocycles. The fourth-order valence-corrected chi connectivity index (χ4v) is 4.63. The molecule has 11 heteroatoms. The number of rotatable bonds is 4. The van der Waals surface area contributed by atoms with Crippen LogP contribution in [0.4, 0.5) is 26.3 Å². The highest BCUT2D eigenvalue weighted by molar-refractivity contribution is 7.71. The first-order chi connectivity index (χ1) is 14.6. The summed E-state index contributed by atoms with van der Waals surface area (Å²) in [5.74, 6) is -9.65. The number of carbonyl (C=O) groups is 1. The molecule has 1 saturated heterocycles. The van der Waals surface area contributed by atoms with Crippen LogP contribution in [0.3, 0.4) is 0 Å². The van der Waals surface area contributed by atoms with Gasteiger partial charge in [-0.2, -0.15) is 0 Å². The second-order valence-corrected chi connectivity index (χ2v) is 8.37. The van der Waals surface area contributed by atoms with E-state index in [-0.39, 0.29) is 68.5 Å². The number of piperidine rings is 1. The lowest BCUT2D eigenvalue weighted by molar-refractivity contribution is -0.137. The van der Waals surface area contributed by atoms with Crippen molar-refractivity contribution in [2.24, 2.45) is 0 Å². The summed E-state index contributed by atoms with van der Waals surface area (Å²) in [5, 5.41) is 0. The molecule has 4 nitrogen and oxygen atoms in total. The molecular weight excluding hydrogens is 444 g/mol. The standard InChI is InChI=1S/C20H19F6N3OS/c21-11-8-12(22)18(24)16(17(11)23)10-7-14-13(27-19(31)29(14)9-10)1-2-15(30)28-5-3-20(25,26)4-6-28/h8,10H,1-7,9H2,(H,27,31). The number of aromatic amines is 1. The Kier molecular flexibility index (Phi) is 5.65. The Bertz CT molecular complexity index is 1060. The Balaban J connectivity index is 1.48. The monoisotopic (exact) mass is 463 g/mol. The average Bonchev–Trinajstić information content (AvgIpc) is 3.25. The topological polar surface area (TPSA) is 41.0 Å². The lowest BCUT2D eigenvalue weighted by Gasteiger charge is -2.31. The third-order valence-corrected chi connectivity index (χ3v) is 6.33. The van der Waals surface area contributed by atoms with Gasteiger partial charge in [0, 0.05) is 67.8 Å². The van der Waals surface area contributed by atoms with Gasteiger partial charge in [0.05, 0.1) is 0 Å². The van der Waals surface area contributed by atoms with Crippen molar-refractivity contribution in [3.63, 3.8) is 0 Å². The Morgan fingerprint density at radius 1 is 1.13 bits per heavy atom. The zero-order valence-corrected chi connectivity index (χ0v) is 17.1. The van der Waals surface area contributed by atoms with E-state index in [1.54, 1.807) is 4.57 Å². The van der Waals surface area contributed by atoms with Crippen LogP contribution in [0.5, 0.6) is 0 Å². The number of aryl methyl sites for hydroxylation is 1. The molecule has 2 aliphatic rings. The van der Waals surface area contributed by atoms with Gasteiger partial charge in [0.2, 0.25) is 5.91 Å². The average molecular weight is 463 g/mol. The van der Waals surface area contributed by atoms with Crippen LogP contribution in [-0.2, 0) is 24.2 Å². The molecule has 0 aliphatic carbocycles. The SMILES string of the molecule is O=C(CCc1[nH]c(=S)n2c1CC(c1c(F)c(F)cc(F)c1F)C2)N1CCC(F)(F)CC1. The summed E-state index contributed by atoms with van der Waals surface area (Å²) in [4.78, 5) is 16.7. The van der Waals surface area contributed by atoms with E-state index in [0.717, 1.165) is 0 Å². The molecule has 0 spiro atoms. The second kappa shape index (κ2) is 7.99. The summed E-state index contributed by atoms with van der Waals surface area (Å²) in [6.07, 6.45) is -0.371. The third-order valence-electron chi connectivity index (χ3n) is 6.01. The van der Waals surface area contributed by atoms with E-state index in [1.165, 1.54) is 4.90 Å². The lowest BCUT2D eigenvalue weighted by Crippen LogP contribution is -2.42. The summed E-state index contributed by atoms with van der Waals surface area (Å²) >= 11 is 5.24. The number of nitrogens with zero attached hydrogens (tertiary/aromatic N) is 2. The van der Waals surface area contributed by atoms with Crippen LogP contribution in [-0.4, -0.2) is 39.4 Å². The van der Waals surface area contributed by atoms with Gasteiger partial charge in [0.15, 0.2) is 28.0 Å². The minimum atomic E-state index is -2.75. The highest BCUT2D eigenvalue weighted by Gasteiger charge is 2.36. The fraction of sp³-hybridized carbons (Fsp3) is 0.500. The number of carbonyl (C=O) groups excluding carboxylic acids is 1. The molecule has 0 saturated carbocycles. The fourth-order valence-electron chi connectivity index (χ4n) is 4.32. The van der Waals surface area contributed by atoms with Gasteiger partial charge < -0.3 is 14.5 Å². The van der Waals surface area contributed by atoms with Gasteiger partial charge >= 0.3 is 0 Å². The third kappa shape index (κ3) is 4.11. The molecule has 1 N–H and O–H groups in total. The van der Waals surface area contributed by atoms with Gasteiger partial charge in [-0.3, -0.25) is 4.79 Å². The molecule has 31 heavy (non-hydrogen) atoms. The molecule has 1 fully saturated rings. The molecule has 1 aromatic carbocycles. The minimum absolute atomic E-state index is 0.0124. The number of alkyl halides is 2. The number of aromatic nitrogens is 2. The zero-order chi connectivity index (χ0) is 22.5. The number of benzene rings is 1. The number of likely N-dealkylation sites (tertiary alicyclic amines) is 1. The summed E-state index contributed by atoms with van der Waals surface area (Å²) in [6.45, 7) is 0.0134. The van der Waals surface area contributed by atoms with E-state index in [9.17, 15) is 31.1 Å². The van der Waals surface area contributed by atoms with Gasteiger partial charge in [-0.05, 0) is 25.1 Å². The molecule has 1 unspecified atom stereocenters. The minimum Gasteiger partial charge on any atom is -0.342 e. The van der Waals surface area contributed by atoms with Crippen LogP contribution in [0.15, 0.2) is 6.07 Å². The van der Waals surface area contributed by atoms with E-state index >= 15 is 0 Å². The van der Waals surface area contributed by atoms with Crippen LogP contribution in [0.25, 0.3) is 0 Å². The number of fused-ring (bicyclic) bond motifs is 1. The molecule has 0 bridgehead atoms. The zero-order valence-electron chi connectivity index (χ0n) is 16.3. The number of imidazole rings is 1. The summed E-state index contributed by atoms with van der Waals surface area (Å²) in [5.41, 5.74) is 0.532. The second-order valence-electron chi connectivity index (χ2n) is 7.99. The largest absolute Gasteiger partial charge is 0.342 e. The molecule has 2 aliphatic heterocycles. The van der Waals surface area contributed by atoms with Crippen molar-refractivity contribution < 1.29 is 31.1 Å². The van der Waals surface area contributed by atoms with E-state index in [0.29, 0.717) is 11.4 Å². The summed E-state index contributed by atoms with van der Waals surface area (Å²) in [7, 11) is 0. The maximum absolute atomic E-state index is 14.2. The molecule has 0 radical (unpaired) electrons. The van der Waals surface area contributed by atoms with E-state index in [1.807, 2.05) is 0 Å². The van der Waals surface area contributed by atoms with E-state index < -0.39 is 40.7 Å². The van der Waals surface area contributed by atoms with Crippen molar-refractivity contribution in [1.29, 1.82) is 0 Å². The quantitative estimate of drug-likeness (QED) is 0.408. The molecule has 1 amide bonds. The van der Waals surface area contributed by atoms with Crippen LogP contribution < -0.4 is 0 Å². The first-order valence-electron chi connectivity index (χ1n) is 9.86. The van der Waals surface area contributed by atoms with Crippen molar-refractivity contribution >= 4 is 18.1 Å². The Labute approximate surface area is 178 Å². The highest BCUT2D eigenvalue weighted by Crippen LogP contribution is 2.36. The smallest absolute Gasteiger partial charge is 0.251 e. The van der Waals surface area contributed by atoms with Crippen molar-refractivity contribution in [3.8, 4) is 0 Å². The van der Waals surface area contributed by atoms with Crippen LogP contribution in [0, 0.1) is 28.0 Å². The Hall–Kier alpha value is -2.30. The maximum Gasteiger partial charge on any atom is 0.251 e. The lowest BCUT2D eigenvalue weighted by atomic mass is 9.94. The van der Waals surface area contributed by atoms with Gasteiger partial charge in [-0.25, -0.2) is 26.3 Å².